The third kappa shape index (κ3) is 5.91. The molecule has 5 atom stereocenters. The lowest BCUT2D eigenvalue weighted by molar-refractivity contribution is -0.130. The topological polar surface area (TPSA) is 76.5 Å². The molecule has 2 saturated heterocycles. The summed E-state index contributed by atoms with van der Waals surface area (Å²) in [5.74, 6) is -0.439. The van der Waals surface area contributed by atoms with E-state index < -0.39 is 24.2 Å². The molecule has 2 aromatic rings. The van der Waals surface area contributed by atoms with Crippen molar-refractivity contribution in [3.05, 3.63) is 99.5 Å². The molecular weight excluding hydrogens is 626 g/mol. The van der Waals surface area contributed by atoms with Crippen LogP contribution in [-0.2, 0) is 9.53 Å². The van der Waals surface area contributed by atoms with Gasteiger partial charge in [-0.05, 0) is 48.2 Å². The highest BCUT2D eigenvalue weighted by atomic mass is 35.5. The number of nitrogens with zero attached hydrogens (tertiary/aromatic N) is 6. The number of carbonyl (C=O) groups is 1. The van der Waals surface area contributed by atoms with Crippen LogP contribution in [0.1, 0.15) is 12.0 Å². The predicted molar refractivity (Wildman–Crippen MR) is 179 cm³/mol. The van der Waals surface area contributed by atoms with E-state index in [9.17, 15) is 14.4 Å². The highest BCUT2D eigenvalue weighted by Crippen LogP contribution is 2.44. The van der Waals surface area contributed by atoms with E-state index in [-0.39, 0.29) is 36.6 Å². The molecule has 1 amide bonds. The smallest absolute Gasteiger partial charge is 0.246 e. The summed E-state index contributed by atoms with van der Waals surface area (Å²) in [6.45, 7) is 12.9. The molecule has 0 bridgehead atoms. The van der Waals surface area contributed by atoms with Gasteiger partial charge in [0, 0.05) is 59.3 Å². The molecule has 46 heavy (non-hydrogen) atoms. The molecule has 11 heteroatoms. The standard InChI is InChI=1S/C35H33Cl2FN6O2/c1-4-32(45)44-12-11-43(19-24(44)17-40-2)34-27-14-30(37)26(25-9-5-7-21-8-6-10-29(36)33(21)25)15-31(27)41-35(28(34)16-39)46-20-23-13-22(38)18-42(23)3/h4-10,14-15,22-24,27,31H,1,11-13,17-20H2,3H3/t22-,23+,24+,27?,31?/m1/s1. The number of alkyl halides is 1. The van der Waals surface area contributed by atoms with Crippen LogP contribution in [0.25, 0.3) is 21.2 Å². The average Bonchev–Trinajstić information content (AvgIpc) is 3.38. The minimum absolute atomic E-state index is 0.109. The molecule has 2 fully saturated rings. The number of rotatable bonds is 6. The maximum absolute atomic E-state index is 14.2. The van der Waals surface area contributed by atoms with Crippen LogP contribution in [-0.4, -0.2) is 97.2 Å². The maximum atomic E-state index is 14.2. The predicted octanol–water partition coefficient (Wildman–Crippen LogP) is 5.86. The molecule has 1 aliphatic carbocycles. The van der Waals surface area contributed by atoms with Crippen LogP contribution in [0.3, 0.4) is 0 Å². The highest BCUT2D eigenvalue weighted by Gasteiger charge is 2.42. The van der Waals surface area contributed by atoms with Crippen molar-refractivity contribution in [3.8, 4) is 6.07 Å². The number of hydrogen-bond donors (Lipinski definition) is 0. The number of carbonyl (C=O) groups excluding carboxylic acids is 1. The van der Waals surface area contributed by atoms with Gasteiger partial charge in [-0.15, -0.1) is 0 Å². The van der Waals surface area contributed by atoms with Gasteiger partial charge in [-0.2, -0.15) is 5.26 Å². The molecule has 0 N–H and O–H groups in total. The normalized spacial score (nSPS) is 26.5. The number of piperazine rings is 1. The van der Waals surface area contributed by atoms with Gasteiger partial charge in [0.1, 0.15) is 30.5 Å². The zero-order chi connectivity index (χ0) is 32.5. The number of hydrogen-bond acceptors (Lipinski definition) is 6. The van der Waals surface area contributed by atoms with Crippen LogP contribution in [0.2, 0.25) is 5.02 Å². The first-order valence-corrected chi connectivity index (χ1v) is 16.0. The summed E-state index contributed by atoms with van der Waals surface area (Å²) >= 11 is 13.7. The number of ether oxygens (including phenoxy) is 1. The van der Waals surface area contributed by atoms with Gasteiger partial charge in [0.05, 0.1) is 6.04 Å². The third-order valence-electron chi connectivity index (χ3n) is 9.23. The number of fused-ring (bicyclic) bond motifs is 2. The Hall–Kier alpha value is -4.15. The van der Waals surface area contributed by atoms with Gasteiger partial charge in [-0.3, -0.25) is 9.69 Å². The number of likely N-dealkylation sites (tertiary alicyclic amines) is 1. The van der Waals surface area contributed by atoms with Crippen molar-refractivity contribution in [1.82, 2.24) is 14.7 Å². The fourth-order valence-electron chi connectivity index (χ4n) is 6.98. The molecular formula is C35H33Cl2FN6O2. The first kappa shape index (κ1) is 31.8. The molecule has 4 aliphatic rings. The van der Waals surface area contributed by atoms with Crippen LogP contribution >= 0.6 is 23.2 Å². The molecule has 2 unspecified atom stereocenters. The number of likely N-dealkylation sites (N-methyl/N-ethyl adjacent to an activating group) is 1. The third-order valence-corrected chi connectivity index (χ3v) is 9.87. The van der Waals surface area contributed by atoms with Crippen molar-refractivity contribution in [3.63, 3.8) is 0 Å². The van der Waals surface area contributed by atoms with Crippen LogP contribution in [0, 0.1) is 23.8 Å². The molecule has 6 rings (SSSR count). The monoisotopic (exact) mass is 658 g/mol. The molecule has 2 aromatic carbocycles. The average molecular weight is 660 g/mol. The number of dihydropyridines is 1. The molecule has 236 valence electrons. The number of halogens is 3. The van der Waals surface area contributed by atoms with E-state index in [1.165, 1.54) is 6.08 Å². The molecule has 0 aromatic heterocycles. The zero-order valence-corrected chi connectivity index (χ0v) is 26.9. The summed E-state index contributed by atoms with van der Waals surface area (Å²) in [7, 11) is 1.86. The second kappa shape index (κ2) is 13.3. The lowest BCUT2D eigenvalue weighted by Gasteiger charge is -2.44. The largest absolute Gasteiger partial charge is 0.475 e. The fraction of sp³-hybridized carbons (Fsp3) is 0.371. The Morgan fingerprint density at radius 1 is 1.22 bits per heavy atom. The van der Waals surface area contributed by atoms with Crippen molar-refractivity contribution < 1.29 is 13.9 Å². The van der Waals surface area contributed by atoms with Crippen molar-refractivity contribution in [2.75, 3.05) is 46.4 Å². The molecule has 3 heterocycles. The Bertz CT molecular complexity index is 1780. The Morgan fingerprint density at radius 3 is 2.70 bits per heavy atom. The SMILES string of the molecule is [C-]#[N+]C[C@H]1CN(C2=C(C#N)C(OC[C@@H]3C[C@@H](F)CN3C)=NC3C=C(c4cccc5cccc(Cl)c45)C(Cl)=CC23)CCN1C(=O)C=C. The van der Waals surface area contributed by atoms with Crippen molar-refractivity contribution >= 4 is 51.4 Å². The lowest BCUT2D eigenvalue weighted by Crippen LogP contribution is -2.57. The van der Waals surface area contributed by atoms with Crippen LogP contribution < -0.4 is 0 Å². The van der Waals surface area contributed by atoms with Crippen molar-refractivity contribution in [1.29, 1.82) is 5.26 Å². The second-order valence-electron chi connectivity index (χ2n) is 12.0. The number of aliphatic imine (C=N–C) groups is 1. The van der Waals surface area contributed by atoms with Gasteiger partial charge in [0.25, 0.3) is 0 Å². The van der Waals surface area contributed by atoms with Gasteiger partial charge in [0.15, 0.2) is 0 Å². The quantitative estimate of drug-likeness (QED) is 0.287. The summed E-state index contributed by atoms with van der Waals surface area (Å²) in [5.41, 5.74) is 2.60. The van der Waals surface area contributed by atoms with Gasteiger partial charge >= 0.3 is 0 Å². The summed E-state index contributed by atoms with van der Waals surface area (Å²) < 4.78 is 20.4. The van der Waals surface area contributed by atoms with E-state index in [1.807, 2.05) is 60.5 Å². The summed E-state index contributed by atoms with van der Waals surface area (Å²) in [5, 5.41) is 13.5. The van der Waals surface area contributed by atoms with Gasteiger partial charge < -0.3 is 19.4 Å². The fourth-order valence-corrected chi connectivity index (χ4v) is 7.56. The number of amides is 1. The van der Waals surface area contributed by atoms with Crippen molar-refractivity contribution in [2.24, 2.45) is 10.9 Å². The van der Waals surface area contributed by atoms with E-state index in [1.54, 1.807) is 4.90 Å². The lowest BCUT2D eigenvalue weighted by atomic mass is 9.82. The minimum Gasteiger partial charge on any atom is -0.475 e. The van der Waals surface area contributed by atoms with Crippen molar-refractivity contribution in [2.45, 2.75) is 30.7 Å². The molecule has 0 saturated carbocycles. The van der Waals surface area contributed by atoms with E-state index in [0.717, 1.165) is 21.9 Å². The number of allylic oxidation sites excluding steroid dienone is 2. The Kier molecular flexibility index (Phi) is 9.20. The molecule has 0 radical (unpaired) electrons. The van der Waals surface area contributed by atoms with Gasteiger partial charge in [0.2, 0.25) is 18.3 Å². The Morgan fingerprint density at radius 2 is 2.00 bits per heavy atom. The van der Waals surface area contributed by atoms with Crippen LogP contribution in [0.5, 0.6) is 0 Å². The molecule has 8 nitrogen and oxygen atoms in total. The highest BCUT2D eigenvalue weighted by molar-refractivity contribution is 6.39. The first-order valence-electron chi connectivity index (χ1n) is 15.2. The maximum Gasteiger partial charge on any atom is 0.246 e. The first-order chi connectivity index (χ1) is 22.2. The number of benzene rings is 2. The summed E-state index contributed by atoms with van der Waals surface area (Å²) in [6.07, 6.45) is 4.59. The zero-order valence-electron chi connectivity index (χ0n) is 25.4. The summed E-state index contributed by atoms with van der Waals surface area (Å²) in [4.78, 5) is 26.8. The van der Waals surface area contributed by atoms with E-state index in [0.29, 0.717) is 48.4 Å². The second-order valence-corrected chi connectivity index (χ2v) is 12.8. The molecule has 3 aliphatic heterocycles. The van der Waals surface area contributed by atoms with Gasteiger partial charge in [-0.1, -0.05) is 66.2 Å². The van der Waals surface area contributed by atoms with Gasteiger partial charge in [-0.25, -0.2) is 16.0 Å². The van der Waals surface area contributed by atoms with Crippen LogP contribution in [0.15, 0.2) is 82.5 Å². The minimum atomic E-state index is -0.935. The van der Waals surface area contributed by atoms with Crippen LogP contribution in [0.4, 0.5) is 4.39 Å². The van der Waals surface area contributed by atoms with E-state index in [2.05, 4.69) is 22.4 Å². The number of nitriles is 1. The molecule has 0 spiro atoms. The summed E-state index contributed by atoms with van der Waals surface area (Å²) in [6, 6.07) is 13.0. The Labute approximate surface area is 278 Å². The van der Waals surface area contributed by atoms with E-state index in [4.69, 9.17) is 39.5 Å². The Balaban J connectivity index is 1.42. The van der Waals surface area contributed by atoms with E-state index >= 15 is 0 Å².